The molecule has 1 N–H and O–H groups in total. The van der Waals surface area contributed by atoms with Gasteiger partial charge in [-0.3, -0.25) is 4.79 Å². The molecule has 1 aliphatic heterocycles. The van der Waals surface area contributed by atoms with Gasteiger partial charge in [0.15, 0.2) is 5.60 Å². The fraction of sp³-hybridized carbons (Fsp3) is 0.391. The number of hydrogen-bond acceptors (Lipinski definition) is 3. The van der Waals surface area contributed by atoms with Crippen LogP contribution in [0.15, 0.2) is 48.5 Å². The molecule has 2 aromatic carbocycles. The predicted octanol–water partition coefficient (Wildman–Crippen LogP) is 3.92. The first-order valence-corrected chi connectivity index (χ1v) is 9.65. The van der Waals surface area contributed by atoms with Gasteiger partial charge in [0.1, 0.15) is 0 Å². The van der Waals surface area contributed by atoms with Crippen LogP contribution in [0.25, 0.3) is 0 Å². The lowest BCUT2D eigenvalue weighted by atomic mass is 9.87. The first-order chi connectivity index (χ1) is 13.0. The molecule has 2 aromatic rings. The molecule has 2 aliphatic rings. The second-order valence-electron chi connectivity index (χ2n) is 7.99. The molecule has 0 saturated heterocycles. The summed E-state index contributed by atoms with van der Waals surface area (Å²) < 4.78 is 5.62. The number of rotatable bonds is 3. The number of amides is 1. The van der Waals surface area contributed by atoms with Crippen LogP contribution in [-0.4, -0.2) is 23.5 Å². The standard InChI is InChI=1S/C23H25NO3/c1-15-11-12-17-14-23(2,27-21(25)19(17)13-15)22(26)24-20-10-6-9-18(20)16-7-4-3-5-8-16/h3-5,7-8,11-13,18,20H,6,9-10,14H2,1-2H3,(H,24,26)/t18-,20-,23?/m1/s1. The number of carbonyl (C=O) groups is 2. The third-order valence-electron chi connectivity index (χ3n) is 5.87. The minimum absolute atomic E-state index is 0.0786. The van der Waals surface area contributed by atoms with Gasteiger partial charge in [0.2, 0.25) is 0 Å². The molecular formula is C23H25NO3. The van der Waals surface area contributed by atoms with Crippen molar-refractivity contribution in [1.82, 2.24) is 5.32 Å². The van der Waals surface area contributed by atoms with E-state index in [-0.39, 0.29) is 11.9 Å². The summed E-state index contributed by atoms with van der Waals surface area (Å²) in [4.78, 5) is 25.6. The Balaban J connectivity index is 1.52. The summed E-state index contributed by atoms with van der Waals surface area (Å²) in [7, 11) is 0. The average molecular weight is 363 g/mol. The molecule has 4 heteroatoms. The molecule has 1 unspecified atom stereocenters. The molecular weight excluding hydrogens is 338 g/mol. The molecule has 27 heavy (non-hydrogen) atoms. The van der Waals surface area contributed by atoms with Crippen LogP contribution < -0.4 is 5.32 Å². The molecule has 1 aliphatic carbocycles. The Hall–Kier alpha value is -2.62. The first kappa shape index (κ1) is 17.8. The second kappa shape index (κ2) is 6.84. The number of carbonyl (C=O) groups excluding carboxylic acids is 2. The maximum absolute atomic E-state index is 13.1. The summed E-state index contributed by atoms with van der Waals surface area (Å²) in [6, 6.07) is 16.1. The van der Waals surface area contributed by atoms with Gasteiger partial charge in [-0.25, -0.2) is 4.79 Å². The molecule has 1 amide bonds. The molecule has 3 atom stereocenters. The van der Waals surface area contributed by atoms with Crippen molar-refractivity contribution in [1.29, 1.82) is 0 Å². The van der Waals surface area contributed by atoms with E-state index in [0.29, 0.717) is 17.9 Å². The maximum atomic E-state index is 13.1. The van der Waals surface area contributed by atoms with E-state index < -0.39 is 11.6 Å². The summed E-state index contributed by atoms with van der Waals surface area (Å²) in [6.45, 7) is 3.66. The summed E-state index contributed by atoms with van der Waals surface area (Å²) in [5.41, 5.74) is 2.55. The number of hydrogen-bond donors (Lipinski definition) is 1. The Morgan fingerprint density at radius 1 is 1.15 bits per heavy atom. The molecule has 1 saturated carbocycles. The minimum Gasteiger partial charge on any atom is -0.445 e. The quantitative estimate of drug-likeness (QED) is 0.841. The number of esters is 1. The highest BCUT2D eigenvalue weighted by molar-refractivity contribution is 5.97. The van der Waals surface area contributed by atoms with E-state index in [1.165, 1.54) is 5.56 Å². The van der Waals surface area contributed by atoms with Crippen molar-refractivity contribution >= 4 is 11.9 Å². The van der Waals surface area contributed by atoms with Gasteiger partial charge in [-0.05, 0) is 43.9 Å². The van der Waals surface area contributed by atoms with Gasteiger partial charge in [-0.15, -0.1) is 0 Å². The van der Waals surface area contributed by atoms with E-state index in [2.05, 4.69) is 17.4 Å². The number of benzene rings is 2. The van der Waals surface area contributed by atoms with Crippen LogP contribution in [0, 0.1) is 6.92 Å². The highest BCUT2D eigenvalue weighted by Crippen LogP contribution is 2.36. The van der Waals surface area contributed by atoms with E-state index in [1.807, 2.05) is 43.3 Å². The first-order valence-electron chi connectivity index (χ1n) is 9.65. The van der Waals surface area contributed by atoms with Crippen LogP contribution in [0.5, 0.6) is 0 Å². The van der Waals surface area contributed by atoms with Crippen molar-refractivity contribution in [3.05, 3.63) is 70.8 Å². The highest BCUT2D eigenvalue weighted by atomic mass is 16.6. The fourth-order valence-electron chi connectivity index (χ4n) is 4.37. The molecule has 4 nitrogen and oxygen atoms in total. The highest BCUT2D eigenvalue weighted by Gasteiger charge is 2.44. The zero-order valence-corrected chi connectivity index (χ0v) is 15.8. The maximum Gasteiger partial charge on any atom is 0.339 e. The average Bonchev–Trinajstić information content (AvgIpc) is 3.11. The Morgan fingerprint density at radius 3 is 2.70 bits per heavy atom. The molecule has 140 valence electrons. The lowest BCUT2D eigenvalue weighted by molar-refractivity contribution is -0.140. The Morgan fingerprint density at radius 2 is 1.93 bits per heavy atom. The molecule has 0 spiro atoms. The van der Waals surface area contributed by atoms with Crippen molar-refractivity contribution < 1.29 is 14.3 Å². The van der Waals surface area contributed by atoms with Crippen molar-refractivity contribution in [3.63, 3.8) is 0 Å². The summed E-state index contributed by atoms with van der Waals surface area (Å²) in [5, 5.41) is 3.18. The van der Waals surface area contributed by atoms with E-state index in [9.17, 15) is 9.59 Å². The predicted molar refractivity (Wildman–Crippen MR) is 104 cm³/mol. The lowest BCUT2D eigenvalue weighted by Gasteiger charge is -2.35. The topological polar surface area (TPSA) is 55.4 Å². The van der Waals surface area contributed by atoms with Gasteiger partial charge in [-0.2, -0.15) is 0 Å². The number of fused-ring (bicyclic) bond motifs is 1. The molecule has 1 fully saturated rings. The Kier molecular flexibility index (Phi) is 4.50. The summed E-state index contributed by atoms with van der Waals surface area (Å²) in [5.74, 6) is -0.300. The zero-order chi connectivity index (χ0) is 19.0. The lowest BCUT2D eigenvalue weighted by Crippen LogP contribution is -2.54. The van der Waals surface area contributed by atoms with Gasteiger partial charge < -0.3 is 10.1 Å². The van der Waals surface area contributed by atoms with E-state index in [0.717, 1.165) is 30.4 Å². The Labute approximate surface area is 159 Å². The van der Waals surface area contributed by atoms with Crippen molar-refractivity contribution in [2.45, 2.75) is 57.1 Å². The molecule has 0 aromatic heterocycles. The van der Waals surface area contributed by atoms with Crippen LogP contribution in [0.2, 0.25) is 0 Å². The minimum atomic E-state index is -1.16. The third-order valence-corrected chi connectivity index (χ3v) is 5.87. The fourth-order valence-corrected chi connectivity index (χ4v) is 4.37. The number of nitrogens with one attached hydrogen (secondary N) is 1. The van der Waals surface area contributed by atoms with Crippen LogP contribution in [0.1, 0.15) is 59.2 Å². The smallest absolute Gasteiger partial charge is 0.339 e. The SMILES string of the molecule is Cc1ccc2c(c1)C(=O)OC(C)(C(=O)N[C@@H]1CCC[C@@H]1c1ccccc1)C2. The molecule has 0 radical (unpaired) electrons. The van der Waals surface area contributed by atoms with E-state index in [4.69, 9.17) is 4.74 Å². The summed E-state index contributed by atoms with van der Waals surface area (Å²) >= 11 is 0. The monoisotopic (exact) mass is 363 g/mol. The molecule has 1 heterocycles. The van der Waals surface area contributed by atoms with Crippen LogP contribution >= 0.6 is 0 Å². The van der Waals surface area contributed by atoms with Crippen LogP contribution in [0.4, 0.5) is 0 Å². The van der Waals surface area contributed by atoms with Crippen molar-refractivity contribution in [3.8, 4) is 0 Å². The van der Waals surface area contributed by atoms with E-state index in [1.54, 1.807) is 6.92 Å². The number of cyclic esters (lactones) is 1. The van der Waals surface area contributed by atoms with Crippen LogP contribution in [-0.2, 0) is 16.0 Å². The molecule has 0 bridgehead atoms. The third kappa shape index (κ3) is 3.36. The summed E-state index contributed by atoms with van der Waals surface area (Å²) in [6.07, 6.45) is 3.50. The number of aryl methyl sites for hydroxylation is 1. The largest absolute Gasteiger partial charge is 0.445 e. The van der Waals surface area contributed by atoms with Gasteiger partial charge in [0, 0.05) is 18.4 Å². The molecule has 4 rings (SSSR count). The number of ether oxygens (including phenoxy) is 1. The second-order valence-corrected chi connectivity index (χ2v) is 7.99. The normalized spacial score (nSPS) is 27.0. The zero-order valence-electron chi connectivity index (χ0n) is 15.8. The van der Waals surface area contributed by atoms with Crippen molar-refractivity contribution in [2.75, 3.05) is 0 Å². The van der Waals surface area contributed by atoms with Gasteiger partial charge in [0.25, 0.3) is 5.91 Å². The van der Waals surface area contributed by atoms with Gasteiger partial charge in [0.05, 0.1) is 5.56 Å². The van der Waals surface area contributed by atoms with Crippen LogP contribution in [0.3, 0.4) is 0 Å². The van der Waals surface area contributed by atoms with Gasteiger partial charge >= 0.3 is 5.97 Å². The van der Waals surface area contributed by atoms with Gasteiger partial charge in [-0.1, -0.05) is 54.4 Å². The van der Waals surface area contributed by atoms with Crippen molar-refractivity contribution in [2.24, 2.45) is 0 Å². The van der Waals surface area contributed by atoms with E-state index >= 15 is 0 Å². The Bertz CT molecular complexity index is 876.